The highest BCUT2D eigenvalue weighted by Crippen LogP contribution is 2.40. The zero-order valence-corrected chi connectivity index (χ0v) is 16.1. The molecule has 7 nitrogen and oxygen atoms in total. The van der Waals surface area contributed by atoms with Gasteiger partial charge in [-0.25, -0.2) is 0 Å². The average Bonchev–Trinajstić information content (AvgIpc) is 3.56. The summed E-state index contributed by atoms with van der Waals surface area (Å²) in [6.07, 6.45) is 7.50. The Morgan fingerprint density at radius 3 is 2.63 bits per heavy atom. The lowest BCUT2D eigenvalue weighted by molar-refractivity contribution is -0.123. The molecule has 0 bridgehead atoms. The molecular weight excluding hydrogens is 344 g/mol. The Bertz CT molecular complexity index is 681. The van der Waals surface area contributed by atoms with Crippen LogP contribution in [0.15, 0.2) is 10.6 Å². The molecule has 3 aliphatic rings. The fourth-order valence-corrected chi connectivity index (χ4v) is 4.06. The normalized spacial score (nSPS) is 25.5. The molecule has 1 aliphatic heterocycles. The van der Waals surface area contributed by atoms with E-state index in [0.717, 1.165) is 36.8 Å². The summed E-state index contributed by atoms with van der Waals surface area (Å²) in [5.41, 5.74) is 0.801. The predicted molar refractivity (Wildman–Crippen MR) is 99.9 cm³/mol. The summed E-state index contributed by atoms with van der Waals surface area (Å²) in [6.45, 7) is 3.72. The topological polar surface area (TPSA) is 87.5 Å². The van der Waals surface area contributed by atoms with Crippen molar-refractivity contribution in [1.82, 2.24) is 20.7 Å². The van der Waals surface area contributed by atoms with E-state index < -0.39 is 0 Å². The maximum absolute atomic E-state index is 12.5. The summed E-state index contributed by atoms with van der Waals surface area (Å²) in [5.74, 6) is 2.34. The standard InChI is InChI=1S/C20H30N4O3/c1-13(25)21-11-18-7-6-17(24(18)12-14-2-3-14)9-20(26)22-10-16-8-19(27-23-16)15-4-5-15/h8,14-15,17-18H,2-7,9-12H2,1H3,(H,21,25)(H,22,26)/t17-,18+/m0/s1. The van der Waals surface area contributed by atoms with Gasteiger partial charge in [0, 0.05) is 50.5 Å². The molecule has 2 atom stereocenters. The minimum absolute atomic E-state index is 0.0146. The maximum Gasteiger partial charge on any atom is 0.221 e. The first-order valence-corrected chi connectivity index (χ1v) is 10.3. The molecule has 0 unspecified atom stereocenters. The lowest BCUT2D eigenvalue weighted by Crippen LogP contribution is -2.45. The Morgan fingerprint density at radius 1 is 1.15 bits per heavy atom. The minimum atomic E-state index is 0.0146. The molecule has 2 saturated carbocycles. The molecule has 0 aromatic carbocycles. The van der Waals surface area contributed by atoms with Crippen molar-refractivity contribution in [3.8, 4) is 0 Å². The molecule has 2 heterocycles. The monoisotopic (exact) mass is 374 g/mol. The fourth-order valence-electron chi connectivity index (χ4n) is 4.06. The largest absolute Gasteiger partial charge is 0.361 e. The third-order valence-corrected chi connectivity index (χ3v) is 5.97. The third kappa shape index (κ3) is 5.09. The van der Waals surface area contributed by atoms with E-state index >= 15 is 0 Å². The molecule has 0 radical (unpaired) electrons. The van der Waals surface area contributed by atoms with E-state index in [1.807, 2.05) is 6.07 Å². The Hall–Kier alpha value is -1.89. The maximum atomic E-state index is 12.5. The highest BCUT2D eigenvalue weighted by molar-refractivity contribution is 5.76. The van der Waals surface area contributed by atoms with Gasteiger partial charge in [-0.15, -0.1) is 0 Å². The van der Waals surface area contributed by atoms with Crippen LogP contribution in [-0.4, -0.2) is 47.0 Å². The lowest BCUT2D eigenvalue weighted by Gasteiger charge is -2.30. The summed E-state index contributed by atoms with van der Waals surface area (Å²) < 4.78 is 5.34. The number of nitrogens with one attached hydrogen (secondary N) is 2. The number of nitrogens with zero attached hydrogens (tertiary/aromatic N) is 2. The van der Waals surface area contributed by atoms with Crippen LogP contribution in [0.1, 0.15) is 69.2 Å². The fraction of sp³-hybridized carbons (Fsp3) is 0.750. The number of rotatable bonds is 9. The van der Waals surface area contributed by atoms with Crippen molar-refractivity contribution < 1.29 is 14.1 Å². The highest BCUT2D eigenvalue weighted by Gasteiger charge is 2.37. The number of carbonyl (C=O) groups excluding carboxylic acids is 2. The number of aromatic nitrogens is 1. The van der Waals surface area contributed by atoms with Crippen LogP contribution in [0, 0.1) is 5.92 Å². The molecule has 3 fully saturated rings. The lowest BCUT2D eigenvalue weighted by atomic mass is 10.1. The minimum Gasteiger partial charge on any atom is -0.361 e. The number of likely N-dealkylation sites (tertiary alicyclic amines) is 1. The van der Waals surface area contributed by atoms with E-state index in [2.05, 4.69) is 20.7 Å². The zero-order chi connectivity index (χ0) is 18.8. The van der Waals surface area contributed by atoms with Crippen molar-refractivity contribution in [3.63, 3.8) is 0 Å². The van der Waals surface area contributed by atoms with Crippen molar-refractivity contribution in [2.24, 2.45) is 5.92 Å². The summed E-state index contributed by atoms with van der Waals surface area (Å²) in [4.78, 5) is 26.2. The van der Waals surface area contributed by atoms with Gasteiger partial charge < -0.3 is 15.2 Å². The van der Waals surface area contributed by atoms with E-state index in [1.165, 1.54) is 25.7 Å². The zero-order valence-electron chi connectivity index (χ0n) is 16.1. The van der Waals surface area contributed by atoms with Crippen molar-refractivity contribution in [2.45, 2.75) is 76.4 Å². The average molecular weight is 374 g/mol. The second-order valence-electron chi connectivity index (χ2n) is 8.44. The predicted octanol–water partition coefficient (Wildman–Crippen LogP) is 1.94. The van der Waals surface area contributed by atoms with Crippen molar-refractivity contribution in [3.05, 3.63) is 17.5 Å². The van der Waals surface area contributed by atoms with Crippen LogP contribution in [0.25, 0.3) is 0 Å². The Kier molecular flexibility index (Phi) is 5.48. The first-order chi connectivity index (χ1) is 13.1. The Balaban J connectivity index is 1.26. The molecule has 1 aromatic heterocycles. The molecule has 7 heteroatoms. The van der Waals surface area contributed by atoms with Crippen molar-refractivity contribution in [1.29, 1.82) is 0 Å². The van der Waals surface area contributed by atoms with Crippen LogP contribution >= 0.6 is 0 Å². The first kappa shape index (κ1) is 18.5. The van der Waals surface area contributed by atoms with Crippen LogP contribution in [-0.2, 0) is 16.1 Å². The Morgan fingerprint density at radius 2 is 1.93 bits per heavy atom. The van der Waals surface area contributed by atoms with Crippen molar-refractivity contribution >= 4 is 11.8 Å². The summed E-state index contributed by atoms with van der Waals surface area (Å²) in [5, 5.41) is 10.00. The molecule has 1 saturated heterocycles. The number of amides is 2. The molecule has 27 heavy (non-hydrogen) atoms. The van der Waals surface area contributed by atoms with Gasteiger partial charge in [0.15, 0.2) is 0 Å². The molecule has 4 rings (SSSR count). The molecule has 2 amide bonds. The number of hydrogen-bond acceptors (Lipinski definition) is 5. The highest BCUT2D eigenvalue weighted by atomic mass is 16.5. The Labute approximate surface area is 160 Å². The van der Waals surface area contributed by atoms with Gasteiger partial charge in [0.05, 0.1) is 6.54 Å². The van der Waals surface area contributed by atoms with Gasteiger partial charge in [0.25, 0.3) is 0 Å². The summed E-state index contributed by atoms with van der Waals surface area (Å²) >= 11 is 0. The van der Waals surface area contributed by atoms with Crippen LogP contribution in [0.4, 0.5) is 0 Å². The molecular formula is C20H30N4O3. The van der Waals surface area contributed by atoms with Gasteiger partial charge >= 0.3 is 0 Å². The van der Waals surface area contributed by atoms with Crippen molar-refractivity contribution in [2.75, 3.05) is 13.1 Å². The molecule has 0 spiro atoms. The second kappa shape index (κ2) is 8.00. The number of carbonyl (C=O) groups is 2. The van der Waals surface area contributed by atoms with Gasteiger partial charge in [0.2, 0.25) is 11.8 Å². The van der Waals surface area contributed by atoms with Crippen LogP contribution in [0.2, 0.25) is 0 Å². The van der Waals surface area contributed by atoms with E-state index in [-0.39, 0.29) is 17.9 Å². The molecule has 1 aromatic rings. The van der Waals surface area contributed by atoms with Gasteiger partial charge in [-0.3, -0.25) is 14.5 Å². The van der Waals surface area contributed by atoms with Gasteiger partial charge in [-0.05, 0) is 44.4 Å². The van der Waals surface area contributed by atoms with Gasteiger partial charge in [0.1, 0.15) is 11.5 Å². The van der Waals surface area contributed by atoms with E-state index in [0.29, 0.717) is 31.5 Å². The van der Waals surface area contributed by atoms with Crippen LogP contribution < -0.4 is 10.6 Å². The number of hydrogen-bond donors (Lipinski definition) is 2. The second-order valence-corrected chi connectivity index (χ2v) is 8.44. The molecule has 148 valence electrons. The molecule has 2 aliphatic carbocycles. The smallest absolute Gasteiger partial charge is 0.221 e. The van der Waals surface area contributed by atoms with Gasteiger partial charge in [-0.1, -0.05) is 5.16 Å². The SMILES string of the molecule is CC(=O)NC[C@H]1CC[C@@H](CC(=O)NCc2cc(C3CC3)on2)N1CC1CC1. The first-order valence-electron chi connectivity index (χ1n) is 10.3. The van der Waals surface area contributed by atoms with E-state index in [9.17, 15) is 9.59 Å². The van der Waals surface area contributed by atoms with Gasteiger partial charge in [-0.2, -0.15) is 0 Å². The quantitative estimate of drug-likeness (QED) is 0.690. The summed E-state index contributed by atoms with van der Waals surface area (Å²) in [7, 11) is 0. The van der Waals surface area contributed by atoms with E-state index in [4.69, 9.17) is 4.52 Å². The third-order valence-electron chi connectivity index (χ3n) is 5.97. The van der Waals surface area contributed by atoms with E-state index in [1.54, 1.807) is 6.92 Å². The van der Waals surface area contributed by atoms with Crippen LogP contribution in [0.3, 0.4) is 0 Å². The van der Waals surface area contributed by atoms with Crippen LogP contribution in [0.5, 0.6) is 0 Å². The summed E-state index contributed by atoms with van der Waals surface area (Å²) in [6, 6.07) is 2.59. The molecule has 2 N–H and O–H groups in total.